The number of carbonyl (C=O) groups excluding carboxylic acids is 1. The van der Waals surface area contributed by atoms with E-state index in [1.54, 1.807) is 0 Å². The van der Waals surface area contributed by atoms with E-state index >= 15 is 0 Å². The van der Waals surface area contributed by atoms with Gasteiger partial charge in [-0.25, -0.2) is 9.97 Å². The summed E-state index contributed by atoms with van der Waals surface area (Å²) in [5.41, 5.74) is 1.88. The van der Waals surface area contributed by atoms with E-state index in [0.717, 1.165) is 24.1 Å². The highest BCUT2D eigenvalue weighted by Crippen LogP contribution is 2.16. The fourth-order valence-electron chi connectivity index (χ4n) is 2.12. The number of H-pyrrole nitrogens is 1. The van der Waals surface area contributed by atoms with Crippen molar-refractivity contribution < 1.29 is 4.79 Å². The predicted molar refractivity (Wildman–Crippen MR) is 88.3 cm³/mol. The lowest BCUT2D eigenvalue weighted by Crippen LogP contribution is -2.26. The molecule has 0 atom stereocenters. The van der Waals surface area contributed by atoms with Crippen molar-refractivity contribution >= 4 is 28.7 Å². The number of amides is 1. The lowest BCUT2D eigenvalue weighted by Gasteiger charge is -2.06. The Morgan fingerprint density at radius 1 is 1.36 bits per heavy atom. The molecule has 2 heterocycles. The summed E-state index contributed by atoms with van der Waals surface area (Å²) >= 11 is 1.21. The van der Waals surface area contributed by atoms with Gasteiger partial charge in [0.05, 0.1) is 11.1 Å². The molecule has 22 heavy (non-hydrogen) atoms. The summed E-state index contributed by atoms with van der Waals surface area (Å²) in [4.78, 5) is 35.2. The number of aromatic amines is 1. The van der Waals surface area contributed by atoms with E-state index in [4.69, 9.17) is 0 Å². The van der Waals surface area contributed by atoms with Crippen LogP contribution >= 0.6 is 11.8 Å². The van der Waals surface area contributed by atoms with Crippen molar-refractivity contribution in [1.82, 2.24) is 20.3 Å². The number of hydrogen-bond donors (Lipinski definition) is 2. The second kappa shape index (κ2) is 7.40. The zero-order valence-electron chi connectivity index (χ0n) is 13.0. The van der Waals surface area contributed by atoms with Crippen LogP contribution in [-0.4, -0.2) is 33.2 Å². The molecule has 0 saturated heterocycles. The van der Waals surface area contributed by atoms with Crippen LogP contribution in [0.3, 0.4) is 0 Å². The molecule has 0 radical (unpaired) electrons. The number of aryl methyl sites for hydroxylation is 2. The molecular formula is C15H20N4O2S. The fraction of sp³-hybridized carbons (Fsp3) is 0.467. The Morgan fingerprint density at radius 3 is 2.86 bits per heavy atom. The molecule has 118 valence electrons. The summed E-state index contributed by atoms with van der Waals surface area (Å²) in [6.07, 6.45) is 2.00. The van der Waals surface area contributed by atoms with Crippen molar-refractivity contribution in [2.45, 2.75) is 38.8 Å². The molecule has 0 bridgehead atoms. The number of nitrogens with zero attached hydrogens (tertiary/aromatic N) is 2. The van der Waals surface area contributed by atoms with Gasteiger partial charge >= 0.3 is 0 Å². The molecule has 0 aliphatic heterocycles. The third-order valence-electron chi connectivity index (χ3n) is 3.17. The second-order valence-electron chi connectivity index (χ2n) is 5.14. The van der Waals surface area contributed by atoms with Crippen LogP contribution in [0.2, 0.25) is 0 Å². The fourth-order valence-corrected chi connectivity index (χ4v) is 2.81. The van der Waals surface area contributed by atoms with E-state index in [1.807, 2.05) is 19.9 Å². The van der Waals surface area contributed by atoms with Gasteiger partial charge in [0.1, 0.15) is 0 Å². The molecule has 0 saturated carbocycles. The average molecular weight is 320 g/mol. The van der Waals surface area contributed by atoms with Gasteiger partial charge in [0.15, 0.2) is 10.8 Å². The van der Waals surface area contributed by atoms with Gasteiger partial charge in [0, 0.05) is 12.2 Å². The van der Waals surface area contributed by atoms with Crippen LogP contribution in [0, 0.1) is 13.8 Å². The first kappa shape index (κ1) is 16.5. The lowest BCUT2D eigenvalue weighted by molar-refractivity contribution is -0.118. The molecule has 1 amide bonds. The first-order valence-electron chi connectivity index (χ1n) is 7.29. The third kappa shape index (κ3) is 4.07. The number of rotatable bonds is 6. The van der Waals surface area contributed by atoms with Gasteiger partial charge in [0.25, 0.3) is 5.56 Å². The first-order valence-corrected chi connectivity index (χ1v) is 8.27. The zero-order valence-corrected chi connectivity index (χ0v) is 13.8. The Balaban J connectivity index is 2.13. The largest absolute Gasteiger partial charge is 0.355 e. The molecule has 2 rings (SSSR count). The standard InChI is InChI=1S/C15H20N4O2S/c1-4-5-6-16-11(20)8-22-15-18-13-12(14(21)19-15)9(2)7-10(3)17-13/h7H,4-6,8H2,1-3H3,(H,16,20)(H,17,18,19,21). The van der Waals surface area contributed by atoms with E-state index in [1.165, 1.54) is 11.8 Å². The minimum Gasteiger partial charge on any atom is -0.355 e. The Hall–Kier alpha value is -1.89. The van der Waals surface area contributed by atoms with Crippen molar-refractivity contribution in [3.8, 4) is 0 Å². The number of aromatic nitrogens is 3. The summed E-state index contributed by atoms with van der Waals surface area (Å²) in [7, 11) is 0. The Kier molecular flexibility index (Phi) is 5.54. The Morgan fingerprint density at radius 2 is 2.14 bits per heavy atom. The van der Waals surface area contributed by atoms with E-state index in [-0.39, 0.29) is 17.2 Å². The molecular weight excluding hydrogens is 300 g/mol. The Labute approximate surface area is 133 Å². The molecule has 0 aromatic carbocycles. The maximum atomic E-state index is 12.1. The molecule has 6 nitrogen and oxygen atoms in total. The number of thioether (sulfide) groups is 1. The summed E-state index contributed by atoms with van der Waals surface area (Å²) in [6, 6.07) is 1.85. The summed E-state index contributed by atoms with van der Waals surface area (Å²) in [6.45, 7) is 6.48. The van der Waals surface area contributed by atoms with Gasteiger partial charge in [0.2, 0.25) is 5.91 Å². The minimum absolute atomic E-state index is 0.0606. The highest BCUT2D eigenvalue weighted by atomic mass is 32.2. The summed E-state index contributed by atoms with van der Waals surface area (Å²) < 4.78 is 0. The van der Waals surface area contributed by atoms with Crippen LogP contribution in [0.5, 0.6) is 0 Å². The van der Waals surface area contributed by atoms with E-state index in [0.29, 0.717) is 22.7 Å². The van der Waals surface area contributed by atoms with Crippen molar-refractivity contribution in [2.75, 3.05) is 12.3 Å². The number of nitrogens with one attached hydrogen (secondary N) is 2. The van der Waals surface area contributed by atoms with Gasteiger partial charge in [-0.1, -0.05) is 25.1 Å². The Bertz CT molecular complexity index is 742. The van der Waals surface area contributed by atoms with Crippen LogP contribution in [-0.2, 0) is 4.79 Å². The monoisotopic (exact) mass is 320 g/mol. The SMILES string of the molecule is CCCCNC(=O)CSc1nc2nc(C)cc(C)c2c(=O)[nH]1. The van der Waals surface area contributed by atoms with Crippen molar-refractivity contribution in [3.63, 3.8) is 0 Å². The van der Waals surface area contributed by atoms with E-state index in [9.17, 15) is 9.59 Å². The van der Waals surface area contributed by atoms with Crippen LogP contribution in [0.1, 0.15) is 31.0 Å². The van der Waals surface area contributed by atoms with Gasteiger partial charge in [-0.2, -0.15) is 0 Å². The highest BCUT2D eigenvalue weighted by Gasteiger charge is 2.10. The van der Waals surface area contributed by atoms with Gasteiger partial charge in [-0.05, 0) is 31.9 Å². The number of unbranched alkanes of at least 4 members (excludes halogenated alkanes) is 1. The van der Waals surface area contributed by atoms with Crippen molar-refractivity contribution in [3.05, 3.63) is 27.7 Å². The van der Waals surface area contributed by atoms with E-state index < -0.39 is 0 Å². The maximum Gasteiger partial charge on any atom is 0.261 e. The van der Waals surface area contributed by atoms with E-state index in [2.05, 4.69) is 27.2 Å². The molecule has 0 aliphatic rings. The zero-order chi connectivity index (χ0) is 16.1. The number of hydrogen-bond acceptors (Lipinski definition) is 5. The highest BCUT2D eigenvalue weighted by molar-refractivity contribution is 7.99. The van der Waals surface area contributed by atoms with Crippen LogP contribution in [0.4, 0.5) is 0 Å². The topological polar surface area (TPSA) is 87.7 Å². The van der Waals surface area contributed by atoms with Gasteiger partial charge in [-0.15, -0.1) is 0 Å². The molecule has 7 heteroatoms. The summed E-state index contributed by atoms with van der Waals surface area (Å²) in [5, 5.41) is 3.75. The normalized spacial score (nSPS) is 10.9. The third-order valence-corrected chi connectivity index (χ3v) is 4.05. The number of pyridine rings is 1. The first-order chi connectivity index (χ1) is 10.5. The molecule has 0 spiro atoms. The predicted octanol–water partition coefficient (Wildman–Crippen LogP) is 1.94. The minimum atomic E-state index is -0.219. The lowest BCUT2D eigenvalue weighted by atomic mass is 10.2. The van der Waals surface area contributed by atoms with Crippen molar-refractivity contribution in [2.24, 2.45) is 0 Å². The smallest absolute Gasteiger partial charge is 0.261 e. The van der Waals surface area contributed by atoms with Gasteiger partial charge in [-0.3, -0.25) is 9.59 Å². The quantitative estimate of drug-likeness (QED) is 0.482. The molecule has 2 aromatic heterocycles. The maximum absolute atomic E-state index is 12.1. The number of fused-ring (bicyclic) bond motifs is 1. The van der Waals surface area contributed by atoms with Crippen LogP contribution in [0.15, 0.2) is 16.0 Å². The average Bonchev–Trinajstić information content (AvgIpc) is 2.44. The van der Waals surface area contributed by atoms with Crippen LogP contribution in [0.25, 0.3) is 11.0 Å². The number of carbonyl (C=O) groups is 1. The molecule has 2 aromatic rings. The van der Waals surface area contributed by atoms with Crippen molar-refractivity contribution in [1.29, 1.82) is 0 Å². The molecule has 0 fully saturated rings. The molecule has 0 aliphatic carbocycles. The second-order valence-corrected chi connectivity index (χ2v) is 6.11. The van der Waals surface area contributed by atoms with Crippen LogP contribution < -0.4 is 10.9 Å². The summed E-state index contributed by atoms with van der Waals surface area (Å²) in [5.74, 6) is 0.165. The molecule has 0 unspecified atom stereocenters. The van der Waals surface area contributed by atoms with Gasteiger partial charge < -0.3 is 10.3 Å². The molecule has 2 N–H and O–H groups in total.